The smallest absolute Gasteiger partial charge is 0.274 e. The molecule has 2 atom stereocenters. The van der Waals surface area contributed by atoms with Gasteiger partial charge < -0.3 is 10.6 Å². The molecule has 1 amide bonds. The van der Waals surface area contributed by atoms with Crippen LogP contribution in [0.15, 0.2) is 30.3 Å². The summed E-state index contributed by atoms with van der Waals surface area (Å²) in [6, 6.07) is 10.4. The van der Waals surface area contributed by atoms with Crippen molar-refractivity contribution in [3.63, 3.8) is 0 Å². The first-order valence-electron chi connectivity index (χ1n) is 8.38. The number of aryl methyl sites for hydroxylation is 1. The molecule has 0 bridgehead atoms. The summed E-state index contributed by atoms with van der Waals surface area (Å²) in [5.41, 5.74) is 10.1. The molecule has 1 aromatic heterocycles. The van der Waals surface area contributed by atoms with Gasteiger partial charge in [-0.2, -0.15) is 5.10 Å². The van der Waals surface area contributed by atoms with E-state index >= 15 is 0 Å². The number of likely N-dealkylation sites (tertiary alicyclic amines) is 1. The molecule has 1 fully saturated rings. The third-order valence-electron chi connectivity index (χ3n) is 5.27. The number of hydrogen-bond acceptors (Lipinski definition) is 3. The quantitative estimate of drug-likeness (QED) is 0.894. The van der Waals surface area contributed by atoms with E-state index < -0.39 is 0 Å². The summed E-state index contributed by atoms with van der Waals surface area (Å²) < 4.78 is 0. The lowest BCUT2D eigenvalue weighted by molar-refractivity contribution is 0.0779. The van der Waals surface area contributed by atoms with Crippen molar-refractivity contribution < 1.29 is 4.79 Å². The molecule has 0 unspecified atom stereocenters. The molecule has 4 rings (SSSR count). The second-order valence-corrected chi connectivity index (χ2v) is 6.61. The highest BCUT2D eigenvalue weighted by atomic mass is 35.5. The Morgan fingerprint density at radius 3 is 2.79 bits per heavy atom. The first kappa shape index (κ1) is 17.0. The lowest BCUT2D eigenvalue weighted by Gasteiger charge is -2.16. The highest BCUT2D eigenvalue weighted by Crippen LogP contribution is 2.33. The molecule has 24 heavy (non-hydrogen) atoms. The van der Waals surface area contributed by atoms with E-state index in [2.05, 4.69) is 22.3 Å². The fourth-order valence-corrected chi connectivity index (χ4v) is 4.00. The number of nitrogens with zero attached hydrogens (tertiary/aromatic N) is 2. The largest absolute Gasteiger partial charge is 0.336 e. The maximum absolute atomic E-state index is 12.9. The number of fused-ring (bicyclic) bond motifs is 1. The van der Waals surface area contributed by atoms with Crippen molar-refractivity contribution in [1.29, 1.82) is 0 Å². The zero-order chi connectivity index (χ0) is 15.8. The van der Waals surface area contributed by atoms with Gasteiger partial charge in [0.25, 0.3) is 5.91 Å². The highest BCUT2D eigenvalue weighted by Gasteiger charge is 2.37. The standard InChI is InChI=1S/C18H22N4O.ClH/c19-9-13-10-22(11-15(13)12-5-2-1-3-6-12)18(23)17-14-7-4-8-16(14)20-21-17;/h1-3,5-6,13,15H,4,7-11,19H2,(H,20,21);1H/t13-,15+;/m1./s1. The Morgan fingerprint density at radius 2 is 2.04 bits per heavy atom. The van der Waals surface area contributed by atoms with Crippen molar-refractivity contribution in [2.45, 2.75) is 25.2 Å². The third-order valence-corrected chi connectivity index (χ3v) is 5.27. The van der Waals surface area contributed by atoms with Gasteiger partial charge >= 0.3 is 0 Å². The molecule has 128 valence electrons. The van der Waals surface area contributed by atoms with E-state index in [1.807, 2.05) is 23.1 Å². The molecule has 0 saturated carbocycles. The van der Waals surface area contributed by atoms with Gasteiger partial charge in [0.05, 0.1) is 0 Å². The van der Waals surface area contributed by atoms with Crippen molar-refractivity contribution in [3.8, 4) is 0 Å². The number of halogens is 1. The number of nitrogens with two attached hydrogens (primary N) is 1. The summed E-state index contributed by atoms with van der Waals surface area (Å²) in [6.45, 7) is 2.05. The molecule has 1 aromatic carbocycles. The third kappa shape index (κ3) is 2.82. The minimum absolute atomic E-state index is 0. The Morgan fingerprint density at radius 1 is 1.25 bits per heavy atom. The van der Waals surface area contributed by atoms with Crippen LogP contribution in [0, 0.1) is 5.92 Å². The van der Waals surface area contributed by atoms with Crippen LogP contribution in [-0.4, -0.2) is 40.6 Å². The van der Waals surface area contributed by atoms with Gasteiger partial charge in [-0.3, -0.25) is 9.89 Å². The summed E-state index contributed by atoms with van der Waals surface area (Å²) in [6.07, 6.45) is 3.08. The summed E-state index contributed by atoms with van der Waals surface area (Å²) in [7, 11) is 0. The predicted octanol–water partition coefficient (Wildman–Crippen LogP) is 2.13. The first-order valence-corrected chi connectivity index (χ1v) is 8.38. The SMILES string of the molecule is Cl.NC[C@@H]1CN(C(=O)c2n[nH]c3c2CCC3)C[C@H]1c1ccccc1. The van der Waals surface area contributed by atoms with Gasteiger partial charge in [-0.1, -0.05) is 30.3 Å². The minimum Gasteiger partial charge on any atom is -0.336 e. The fraction of sp³-hybridized carbons (Fsp3) is 0.444. The van der Waals surface area contributed by atoms with Crippen molar-refractivity contribution in [2.75, 3.05) is 19.6 Å². The molecule has 0 radical (unpaired) electrons. The Balaban J connectivity index is 0.00000169. The van der Waals surface area contributed by atoms with E-state index in [-0.39, 0.29) is 18.3 Å². The number of H-pyrrole nitrogens is 1. The minimum atomic E-state index is 0. The predicted molar refractivity (Wildman–Crippen MR) is 95.5 cm³/mol. The number of carbonyl (C=O) groups excluding carboxylic acids is 1. The van der Waals surface area contributed by atoms with Gasteiger partial charge in [0.1, 0.15) is 0 Å². The molecule has 5 nitrogen and oxygen atoms in total. The van der Waals surface area contributed by atoms with Crippen LogP contribution in [0.5, 0.6) is 0 Å². The Hall–Kier alpha value is -1.85. The summed E-state index contributed by atoms with van der Waals surface area (Å²) in [4.78, 5) is 14.8. The lowest BCUT2D eigenvalue weighted by Crippen LogP contribution is -2.30. The van der Waals surface area contributed by atoms with E-state index in [0.717, 1.165) is 43.6 Å². The van der Waals surface area contributed by atoms with E-state index in [9.17, 15) is 4.79 Å². The maximum Gasteiger partial charge on any atom is 0.274 e. The van der Waals surface area contributed by atoms with Crippen molar-refractivity contribution in [1.82, 2.24) is 15.1 Å². The lowest BCUT2D eigenvalue weighted by atomic mass is 9.89. The molecule has 0 spiro atoms. The number of carbonyl (C=O) groups is 1. The van der Waals surface area contributed by atoms with Crippen molar-refractivity contribution >= 4 is 18.3 Å². The van der Waals surface area contributed by atoms with Crippen LogP contribution in [0.3, 0.4) is 0 Å². The fourth-order valence-electron chi connectivity index (χ4n) is 4.00. The average molecular weight is 347 g/mol. The second-order valence-electron chi connectivity index (χ2n) is 6.61. The zero-order valence-electron chi connectivity index (χ0n) is 13.6. The van der Waals surface area contributed by atoms with Crippen LogP contribution in [0.2, 0.25) is 0 Å². The number of hydrogen-bond donors (Lipinski definition) is 2. The number of amides is 1. The maximum atomic E-state index is 12.9. The molecule has 6 heteroatoms. The Bertz CT molecular complexity index is 715. The van der Waals surface area contributed by atoms with E-state index in [1.54, 1.807) is 0 Å². The van der Waals surface area contributed by atoms with Gasteiger partial charge in [-0.05, 0) is 37.3 Å². The number of nitrogens with one attached hydrogen (secondary N) is 1. The van der Waals surface area contributed by atoms with Crippen molar-refractivity contribution in [2.24, 2.45) is 11.7 Å². The van der Waals surface area contributed by atoms with Gasteiger partial charge in [-0.25, -0.2) is 0 Å². The molecule has 3 N–H and O–H groups in total. The van der Waals surface area contributed by atoms with Crippen LogP contribution in [0.25, 0.3) is 0 Å². The normalized spacial score (nSPS) is 22.3. The number of rotatable bonds is 3. The van der Waals surface area contributed by atoms with E-state index in [4.69, 9.17) is 5.73 Å². The van der Waals surface area contributed by atoms with Crippen LogP contribution >= 0.6 is 12.4 Å². The number of aromatic nitrogens is 2. The van der Waals surface area contributed by atoms with Crippen molar-refractivity contribution in [3.05, 3.63) is 52.8 Å². The molecular weight excluding hydrogens is 324 g/mol. The summed E-state index contributed by atoms with van der Waals surface area (Å²) in [5.74, 6) is 0.687. The first-order chi connectivity index (χ1) is 11.3. The van der Waals surface area contributed by atoms with Gasteiger partial charge in [0.15, 0.2) is 5.69 Å². The highest BCUT2D eigenvalue weighted by molar-refractivity contribution is 5.94. The average Bonchev–Trinajstić information content (AvgIpc) is 3.29. The molecule has 1 saturated heterocycles. The van der Waals surface area contributed by atoms with Gasteiger partial charge in [0, 0.05) is 30.3 Å². The number of aromatic amines is 1. The topological polar surface area (TPSA) is 75.0 Å². The summed E-state index contributed by atoms with van der Waals surface area (Å²) in [5, 5.41) is 7.32. The molecule has 2 aromatic rings. The summed E-state index contributed by atoms with van der Waals surface area (Å²) >= 11 is 0. The van der Waals surface area contributed by atoms with Crippen LogP contribution in [0.1, 0.15) is 39.6 Å². The Labute approximate surface area is 148 Å². The van der Waals surface area contributed by atoms with Crippen LogP contribution < -0.4 is 5.73 Å². The van der Waals surface area contributed by atoms with Crippen LogP contribution in [-0.2, 0) is 12.8 Å². The van der Waals surface area contributed by atoms with Gasteiger partial charge in [0.2, 0.25) is 0 Å². The molecule has 2 aliphatic rings. The van der Waals surface area contributed by atoms with E-state index in [1.165, 1.54) is 5.56 Å². The Kier molecular flexibility index (Phi) is 4.92. The van der Waals surface area contributed by atoms with Gasteiger partial charge in [-0.15, -0.1) is 12.4 Å². The molecule has 1 aliphatic carbocycles. The molecule has 1 aliphatic heterocycles. The molecule has 2 heterocycles. The monoisotopic (exact) mass is 346 g/mol. The molecular formula is C18H23ClN4O. The zero-order valence-corrected chi connectivity index (χ0v) is 14.4. The second kappa shape index (κ2) is 6.95. The van der Waals surface area contributed by atoms with E-state index in [0.29, 0.717) is 24.1 Å². The number of benzene rings is 1. The van der Waals surface area contributed by atoms with Crippen LogP contribution in [0.4, 0.5) is 0 Å².